The van der Waals surface area contributed by atoms with Crippen molar-refractivity contribution in [1.29, 1.82) is 0 Å². The number of imidazole rings is 1. The number of H-pyrrole nitrogens is 1. The summed E-state index contributed by atoms with van der Waals surface area (Å²) in [5.41, 5.74) is 3.73. The maximum atomic E-state index is 12.8. The van der Waals surface area contributed by atoms with Crippen LogP contribution in [0.3, 0.4) is 0 Å². The van der Waals surface area contributed by atoms with Gasteiger partial charge in [0, 0.05) is 19.1 Å². The summed E-state index contributed by atoms with van der Waals surface area (Å²) in [5.74, 6) is 0.765. The van der Waals surface area contributed by atoms with E-state index in [1.165, 1.54) is 11.1 Å². The van der Waals surface area contributed by atoms with Crippen molar-refractivity contribution in [1.82, 2.24) is 19.5 Å². The third-order valence-corrected chi connectivity index (χ3v) is 5.91. The normalized spacial score (nSPS) is 14.4. The van der Waals surface area contributed by atoms with Gasteiger partial charge in [0.2, 0.25) is 0 Å². The molecule has 0 aliphatic heterocycles. The minimum absolute atomic E-state index is 0.0852. The van der Waals surface area contributed by atoms with Crippen LogP contribution in [0.2, 0.25) is 0 Å². The maximum Gasteiger partial charge on any atom is 0.328 e. The van der Waals surface area contributed by atoms with E-state index in [1.54, 1.807) is 6.33 Å². The predicted molar refractivity (Wildman–Crippen MR) is 118 cm³/mol. The summed E-state index contributed by atoms with van der Waals surface area (Å²) in [4.78, 5) is 27.2. The van der Waals surface area contributed by atoms with Crippen LogP contribution in [-0.4, -0.2) is 19.5 Å². The van der Waals surface area contributed by atoms with Crippen LogP contribution in [0.1, 0.15) is 42.9 Å². The molecular weight excluding hydrogens is 374 g/mol. The molecule has 0 bridgehead atoms. The fraction of sp³-hybridized carbons (Fsp3) is 0.292. The van der Waals surface area contributed by atoms with Crippen molar-refractivity contribution in [3.05, 3.63) is 88.6 Å². The van der Waals surface area contributed by atoms with Crippen molar-refractivity contribution in [2.24, 2.45) is 0 Å². The minimum atomic E-state index is -0.0852. The molecule has 152 valence electrons. The Hall–Kier alpha value is -3.41. The standard InChI is InChI=1S/C24H25N5O/c30-24-27-21-22(25-17-26-23(21)29(24)20-13-7-8-14-20)28(15-18-9-3-1-4-10-18)16-19-11-5-2-6-12-19/h1-6,9-12,17,20H,7-8,13-16H2,(H,27,30). The highest BCUT2D eigenvalue weighted by Gasteiger charge is 2.24. The molecule has 2 heterocycles. The van der Waals surface area contributed by atoms with Gasteiger partial charge in [0.15, 0.2) is 11.5 Å². The Morgan fingerprint density at radius 1 is 0.900 bits per heavy atom. The molecule has 0 spiro atoms. The Bertz CT molecular complexity index is 1140. The zero-order valence-electron chi connectivity index (χ0n) is 16.9. The van der Waals surface area contributed by atoms with E-state index in [0.29, 0.717) is 18.7 Å². The van der Waals surface area contributed by atoms with Crippen LogP contribution in [0, 0.1) is 0 Å². The lowest BCUT2D eigenvalue weighted by Gasteiger charge is -2.24. The summed E-state index contributed by atoms with van der Waals surface area (Å²) in [6.45, 7) is 1.39. The van der Waals surface area contributed by atoms with Gasteiger partial charge in [0.25, 0.3) is 0 Å². The molecule has 2 aromatic heterocycles. The van der Waals surface area contributed by atoms with Gasteiger partial charge < -0.3 is 9.88 Å². The van der Waals surface area contributed by atoms with E-state index in [1.807, 2.05) is 41.0 Å². The van der Waals surface area contributed by atoms with E-state index in [4.69, 9.17) is 0 Å². The van der Waals surface area contributed by atoms with Gasteiger partial charge >= 0.3 is 5.69 Å². The van der Waals surface area contributed by atoms with Crippen LogP contribution < -0.4 is 10.6 Å². The SMILES string of the molecule is O=c1[nH]c2c(N(Cc3ccccc3)Cc3ccccc3)ncnc2n1C1CCCC1. The van der Waals surface area contributed by atoms with Gasteiger partial charge in [-0.1, -0.05) is 73.5 Å². The summed E-state index contributed by atoms with van der Waals surface area (Å²) in [6.07, 6.45) is 5.97. The molecule has 6 nitrogen and oxygen atoms in total. The van der Waals surface area contributed by atoms with Gasteiger partial charge in [-0.2, -0.15) is 0 Å². The first-order valence-corrected chi connectivity index (χ1v) is 10.6. The van der Waals surface area contributed by atoms with Crippen LogP contribution >= 0.6 is 0 Å². The van der Waals surface area contributed by atoms with E-state index in [9.17, 15) is 4.79 Å². The second kappa shape index (κ2) is 8.14. The van der Waals surface area contributed by atoms with Crippen LogP contribution in [0.15, 0.2) is 71.8 Å². The van der Waals surface area contributed by atoms with Crippen molar-refractivity contribution in [3.63, 3.8) is 0 Å². The van der Waals surface area contributed by atoms with Crippen molar-refractivity contribution in [2.75, 3.05) is 4.90 Å². The van der Waals surface area contributed by atoms with E-state index >= 15 is 0 Å². The van der Waals surface area contributed by atoms with E-state index < -0.39 is 0 Å². The van der Waals surface area contributed by atoms with Crippen molar-refractivity contribution in [2.45, 2.75) is 44.8 Å². The largest absolute Gasteiger partial charge is 0.346 e. The molecule has 0 unspecified atom stereocenters. The number of hydrogen-bond donors (Lipinski definition) is 1. The predicted octanol–water partition coefficient (Wildman–Crippen LogP) is 4.44. The van der Waals surface area contributed by atoms with Gasteiger partial charge in [0.05, 0.1) is 0 Å². The number of nitrogens with one attached hydrogen (secondary N) is 1. The Labute approximate surface area is 175 Å². The summed E-state index contributed by atoms with van der Waals surface area (Å²) < 4.78 is 1.84. The minimum Gasteiger partial charge on any atom is -0.346 e. The topological polar surface area (TPSA) is 66.8 Å². The highest BCUT2D eigenvalue weighted by atomic mass is 16.1. The Kier molecular flexibility index (Phi) is 5.05. The first kappa shape index (κ1) is 18.6. The molecule has 2 aromatic carbocycles. The summed E-state index contributed by atoms with van der Waals surface area (Å²) in [5, 5.41) is 0. The zero-order valence-corrected chi connectivity index (χ0v) is 16.9. The van der Waals surface area contributed by atoms with Crippen LogP contribution in [0.4, 0.5) is 5.82 Å². The fourth-order valence-corrected chi connectivity index (χ4v) is 4.48. The van der Waals surface area contributed by atoms with E-state index in [2.05, 4.69) is 44.1 Å². The third kappa shape index (κ3) is 3.61. The third-order valence-electron chi connectivity index (χ3n) is 5.91. The fourth-order valence-electron chi connectivity index (χ4n) is 4.48. The summed E-state index contributed by atoms with van der Waals surface area (Å²) >= 11 is 0. The summed E-state index contributed by atoms with van der Waals surface area (Å²) in [7, 11) is 0. The smallest absolute Gasteiger partial charge is 0.328 e. The van der Waals surface area contributed by atoms with Crippen molar-refractivity contribution < 1.29 is 0 Å². The zero-order chi connectivity index (χ0) is 20.3. The number of aromatic nitrogens is 4. The average molecular weight is 399 g/mol. The lowest BCUT2D eigenvalue weighted by molar-refractivity contribution is 0.514. The van der Waals surface area contributed by atoms with Crippen LogP contribution in [0.25, 0.3) is 11.2 Å². The van der Waals surface area contributed by atoms with Gasteiger partial charge in [-0.05, 0) is 24.0 Å². The molecular formula is C24H25N5O. The van der Waals surface area contributed by atoms with Gasteiger partial charge in [-0.15, -0.1) is 0 Å². The average Bonchev–Trinajstić information content (AvgIpc) is 3.41. The number of nitrogens with zero attached hydrogens (tertiary/aromatic N) is 4. The van der Waals surface area contributed by atoms with Gasteiger partial charge in [-0.25, -0.2) is 14.8 Å². The molecule has 6 heteroatoms. The maximum absolute atomic E-state index is 12.8. The number of benzene rings is 2. The summed E-state index contributed by atoms with van der Waals surface area (Å²) in [6, 6.07) is 20.9. The van der Waals surface area contributed by atoms with Gasteiger partial charge in [0.1, 0.15) is 11.8 Å². The molecule has 1 aliphatic carbocycles. The number of rotatable bonds is 6. The van der Waals surface area contributed by atoms with Crippen molar-refractivity contribution >= 4 is 17.0 Å². The Morgan fingerprint density at radius 2 is 1.50 bits per heavy atom. The first-order chi connectivity index (χ1) is 14.8. The molecule has 1 aliphatic rings. The lowest BCUT2D eigenvalue weighted by Crippen LogP contribution is -2.23. The molecule has 0 saturated heterocycles. The number of hydrogen-bond acceptors (Lipinski definition) is 4. The highest BCUT2D eigenvalue weighted by molar-refractivity contribution is 5.83. The molecule has 1 N–H and O–H groups in total. The Balaban J connectivity index is 1.59. The molecule has 0 atom stereocenters. The Morgan fingerprint density at radius 3 is 2.10 bits per heavy atom. The molecule has 5 rings (SSSR count). The quantitative estimate of drug-likeness (QED) is 0.520. The molecule has 0 amide bonds. The molecule has 30 heavy (non-hydrogen) atoms. The van der Waals surface area contributed by atoms with Crippen LogP contribution in [-0.2, 0) is 13.1 Å². The lowest BCUT2D eigenvalue weighted by atomic mass is 10.1. The van der Waals surface area contributed by atoms with Crippen molar-refractivity contribution in [3.8, 4) is 0 Å². The number of anilines is 1. The van der Waals surface area contributed by atoms with E-state index in [-0.39, 0.29) is 11.7 Å². The number of aromatic amines is 1. The molecule has 0 radical (unpaired) electrons. The van der Waals surface area contributed by atoms with Gasteiger partial charge in [-0.3, -0.25) is 4.57 Å². The first-order valence-electron chi connectivity index (χ1n) is 10.6. The monoisotopic (exact) mass is 399 g/mol. The second-order valence-corrected chi connectivity index (χ2v) is 7.96. The molecule has 1 saturated carbocycles. The molecule has 1 fully saturated rings. The number of fused-ring (bicyclic) bond motifs is 1. The van der Waals surface area contributed by atoms with E-state index in [0.717, 1.165) is 37.0 Å². The molecule has 4 aromatic rings. The van der Waals surface area contributed by atoms with Crippen LogP contribution in [0.5, 0.6) is 0 Å². The second-order valence-electron chi connectivity index (χ2n) is 7.96. The highest BCUT2D eigenvalue weighted by Crippen LogP contribution is 2.32.